The highest BCUT2D eigenvalue weighted by molar-refractivity contribution is 5.58. The summed E-state index contributed by atoms with van der Waals surface area (Å²) in [4.78, 5) is 8.39. The minimum atomic E-state index is 0.0149. The van der Waals surface area contributed by atoms with Crippen LogP contribution in [0.2, 0.25) is 0 Å². The third-order valence-electron chi connectivity index (χ3n) is 3.31. The van der Waals surface area contributed by atoms with Crippen molar-refractivity contribution >= 4 is 5.82 Å². The zero-order valence-corrected chi connectivity index (χ0v) is 11.3. The van der Waals surface area contributed by atoms with Crippen molar-refractivity contribution in [2.24, 2.45) is 0 Å². The van der Waals surface area contributed by atoms with Crippen molar-refractivity contribution in [3.8, 4) is 17.1 Å². The molecule has 106 valence electrons. The van der Waals surface area contributed by atoms with Crippen molar-refractivity contribution in [2.45, 2.75) is 25.5 Å². The van der Waals surface area contributed by atoms with Crippen molar-refractivity contribution in [3.05, 3.63) is 18.6 Å². The number of hydrogen-bond donors (Lipinski definition) is 1. The van der Waals surface area contributed by atoms with Gasteiger partial charge in [0.15, 0.2) is 5.82 Å². The number of anilines is 1. The molecule has 2 aromatic heterocycles. The Bertz CT molecular complexity index is 592. The number of ether oxygens (including phenoxy) is 2. The fraction of sp³-hybridized carbons (Fsp3) is 0.462. The number of nitrogens with two attached hydrogens (primary N) is 1. The Balaban J connectivity index is 1.85. The number of hydrogen-bond acceptors (Lipinski definition) is 6. The molecule has 1 fully saturated rings. The van der Waals surface area contributed by atoms with E-state index in [-0.39, 0.29) is 12.0 Å². The number of methoxy groups -OCH3 is 1. The third-order valence-corrected chi connectivity index (χ3v) is 3.31. The van der Waals surface area contributed by atoms with Gasteiger partial charge in [-0.25, -0.2) is 14.6 Å². The smallest absolute Gasteiger partial charge is 0.257 e. The van der Waals surface area contributed by atoms with Gasteiger partial charge in [0.2, 0.25) is 0 Å². The summed E-state index contributed by atoms with van der Waals surface area (Å²) in [6.45, 7) is 0.787. The summed E-state index contributed by atoms with van der Waals surface area (Å²) in [6.07, 6.45) is 8.55. The van der Waals surface area contributed by atoms with Crippen molar-refractivity contribution in [3.63, 3.8) is 0 Å². The molecule has 0 radical (unpaired) electrons. The van der Waals surface area contributed by atoms with E-state index in [0.717, 1.165) is 31.4 Å². The normalized spacial score (nSPS) is 18.9. The Kier molecular flexibility index (Phi) is 3.51. The molecule has 3 rings (SSSR count). The molecule has 2 aromatic rings. The van der Waals surface area contributed by atoms with E-state index in [9.17, 15) is 0 Å². The first-order valence-electron chi connectivity index (χ1n) is 6.60. The van der Waals surface area contributed by atoms with Gasteiger partial charge in [-0.1, -0.05) is 0 Å². The van der Waals surface area contributed by atoms with Crippen LogP contribution in [0.5, 0.6) is 5.88 Å². The number of nitrogen functional groups attached to an aromatic ring is 1. The maximum Gasteiger partial charge on any atom is 0.257 e. The highest BCUT2D eigenvalue weighted by Gasteiger charge is 2.17. The van der Waals surface area contributed by atoms with Crippen LogP contribution in [0, 0.1) is 0 Å². The SMILES string of the molecule is COc1nc(-c2cnn(C3CCCCO3)c2)cnc1N. The maximum absolute atomic E-state index is 5.70. The molecule has 7 nitrogen and oxygen atoms in total. The van der Waals surface area contributed by atoms with Crippen LogP contribution in [0.1, 0.15) is 25.5 Å². The lowest BCUT2D eigenvalue weighted by atomic mass is 10.2. The largest absolute Gasteiger partial charge is 0.478 e. The van der Waals surface area contributed by atoms with Crippen molar-refractivity contribution in [1.29, 1.82) is 0 Å². The summed E-state index contributed by atoms with van der Waals surface area (Å²) in [7, 11) is 1.52. The first-order valence-corrected chi connectivity index (χ1v) is 6.60. The number of aromatic nitrogens is 4. The molecule has 1 aliphatic rings. The first kappa shape index (κ1) is 12.9. The number of nitrogens with zero attached hydrogens (tertiary/aromatic N) is 4. The second kappa shape index (κ2) is 5.46. The van der Waals surface area contributed by atoms with E-state index in [0.29, 0.717) is 11.6 Å². The molecule has 1 atom stereocenters. The van der Waals surface area contributed by atoms with Crippen LogP contribution in [-0.4, -0.2) is 33.5 Å². The lowest BCUT2D eigenvalue weighted by molar-refractivity contribution is -0.0394. The highest BCUT2D eigenvalue weighted by Crippen LogP contribution is 2.26. The minimum absolute atomic E-state index is 0.0149. The van der Waals surface area contributed by atoms with Gasteiger partial charge in [-0.05, 0) is 19.3 Å². The van der Waals surface area contributed by atoms with Crippen LogP contribution in [0.3, 0.4) is 0 Å². The Labute approximate surface area is 116 Å². The van der Waals surface area contributed by atoms with Crippen LogP contribution in [-0.2, 0) is 4.74 Å². The fourth-order valence-corrected chi connectivity index (χ4v) is 2.23. The standard InChI is InChI=1S/C13H17N5O2/c1-19-13-12(14)15-7-10(17-13)9-6-16-18(8-9)11-4-2-3-5-20-11/h6-8,11H,2-5H2,1H3,(H2,14,15). The van der Waals surface area contributed by atoms with Crippen molar-refractivity contribution in [1.82, 2.24) is 19.7 Å². The predicted octanol–water partition coefficient (Wildman–Crippen LogP) is 1.63. The molecule has 0 amide bonds. The van der Waals surface area contributed by atoms with Crippen LogP contribution in [0.4, 0.5) is 5.82 Å². The molecule has 0 saturated carbocycles. The monoisotopic (exact) mass is 275 g/mol. The molecule has 1 unspecified atom stereocenters. The second-order valence-electron chi connectivity index (χ2n) is 4.68. The highest BCUT2D eigenvalue weighted by atomic mass is 16.5. The van der Waals surface area contributed by atoms with Gasteiger partial charge in [0.05, 0.1) is 25.2 Å². The molecule has 1 aliphatic heterocycles. The van der Waals surface area contributed by atoms with Gasteiger partial charge in [-0.15, -0.1) is 0 Å². The Hall–Kier alpha value is -2.15. The lowest BCUT2D eigenvalue weighted by Crippen LogP contribution is -2.18. The molecule has 3 heterocycles. The van der Waals surface area contributed by atoms with Crippen molar-refractivity contribution < 1.29 is 9.47 Å². The van der Waals surface area contributed by atoms with E-state index in [2.05, 4.69) is 15.1 Å². The third kappa shape index (κ3) is 2.44. The Morgan fingerprint density at radius 1 is 1.40 bits per heavy atom. The molecule has 0 aliphatic carbocycles. The predicted molar refractivity (Wildman–Crippen MR) is 73.1 cm³/mol. The molecular formula is C13H17N5O2. The Morgan fingerprint density at radius 2 is 2.30 bits per heavy atom. The molecule has 20 heavy (non-hydrogen) atoms. The second-order valence-corrected chi connectivity index (χ2v) is 4.68. The quantitative estimate of drug-likeness (QED) is 0.916. The summed E-state index contributed by atoms with van der Waals surface area (Å²) < 4.78 is 12.6. The van der Waals surface area contributed by atoms with E-state index in [1.54, 1.807) is 12.4 Å². The van der Waals surface area contributed by atoms with Gasteiger partial charge in [-0.3, -0.25) is 0 Å². The average molecular weight is 275 g/mol. The average Bonchev–Trinajstić information content (AvgIpc) is 2.98. The summed E-state index contributed by atoms with van der Waals surface area (Å²) in [5.74, 6) is 0.600. The maximum atomic E-state index is 5.70. The fourth-order valence-electron chi connectivity index (χ4n) is 2.23. The molecule has 0 aromatic carbocycles. The van der Waals surface area contributed by atoms with E-state index >= 15 is 0 Å². The molecule has 0 spiro atoms. The number of rotatable bonds is 3. The zero-order valence-electron chi connectivity index (χ0n) is 11.3. The molecular weight excluding hydrogens is 258 g/mol. The molecule has 1 saturated heterocycles. The molecule has 2 N–H and O–H groups in total. The Morgan fingerprint density at radius 3 is 3.05 bits per heavy atom. The first-order chi connectivity index (χ1) is 9.78. The van der Waals surface area contributed by atoms with Gasteiger partial charge < -0.3 is 15.2 Å². The summed E-state index contributed by atoms with van der Waals surface area (Å²) in [6, 6.07) is 0. The van der Waals surface area contributed by atoms with Gasteiger partial charge in [-0.2, -0.15) is 5.10 Å². The van der Waals surface area contributed by atoms with Crippen LogP contribution >= 0.6 is 0 Å². The summed E-state index contributed by atoms with van der Waals surface area (Å²) in [5, 5.41) is 4.35. The van der Waals surface area contributed by atoms with E-state index in [1.807, 2.05) is 10.9 Å². The van der Waals surface area contributed by atoms with Gasteiger partial charge in [0.1, 0.15) is 6.23 Å². The van der Waals surface area contributed by atoms with Crippen LogP contribution in [0.15, 0.2) is 18.6 Å². The van der Waals surface area contributed by atoms with E-state index in [4.69, 9.17) is 15.2 Å². The van der Waals surface area contributed by atoms with Gasteiger partial charge >= 0.3 is 0 Å². The van der Waals surface area contributed by atoms with Crippen molar-refractivity contribution in [2.75, 3.05) is 19.5 Å². The van der Waals surface area contributed by atoms with E-state index < -0.39 is 0 Å². The molecule has 7 heteroatoms. The van der Waals surface area contributed by atoms with Crippen LogP contribution in [0.25, 0.3) is 11.3 Å². The summed E-state index contributed by atoms with van der Waals surface area (Å²) in [5.41, 5.74) is 7.21. The van der Waals surface area contributed by atoms with Gasteiger partial charge in [0, 0.05) is 18.4 Å². The lowest BCUT2D eigenvalue weighted by Gasteiger charge is -2.22. The topological polar surface area (TPSA) is 88.1 Å². The van der Waals surface area contributed by atoms with Gasteiger partial charge in [0.25, 0.3) is 5.88 Å². The molecule has 0 bridgehead atoms. The summed E-state index contributed by atoms with van der Waals surface area (Å²) >= 11 is 0. The van der Waals surface area contributed by atoms with E-state index in [1.165, 1.54) is 7.11 Å². The minimum Gasteiger partial charge on any atom is -0.478 e. The van der Waals surface area contributed by atoms with Crippen LogP contribution < -0.4 is 10.5 Å². The zero-order chi connectivity index (χ0) is 13.9.